The molecule has 1 saturated carbocycles. The van der Waals surface area contributed by atoms with Crippen LogP contribution in [0.25, 0.3) is 0 Å². The van der Waals surface area contributed by atoms with E-state index in [9.17, 15) is 9.59 Å². The number of piperidine rings is 1. The fraction of sp³-hybridized carbons (Fsp3) is 0.619. The van der Waals surface area contributed by atoms with Crippen molar-refractivity contribution in [1.29, 1.82) is 0 Å². The van der Waals surface area contributed by atoms with Gasteiger partial charge in [-0.05, 0) is 63.7 Å². The van der Waals surface area contributed by atoms with Crippen molar-refractivity contribution in [1.82, 2.24) is 15.5 Å². The third kappa shape index (κ3) is 5.56. The number of rotatable bonds is 6. The summed E-state index contributed by atoms with van der Waals surface area (Å²) < 4.78 is 0. The first-order valence-corrected chi connectivity index (χ1v) is 9.97. The van der Waals surface area contributed by atoms with Crippen LogP contribution in [-0.4, -0.2) is 48.9 Å². The highest BCUT2D eigenvalue weighted by molar-refractivity contribution is 5.94. The number of benzene rings is 1. The molecule has 2 N–H and O–H groups in total. The van der Waals surface area contributed by atoms with Crippen molar-refractivity contribution in [3.05, 3.63) is 35.4 Å². The largest absolute Gasteiger partial charge is 0.352 e. The van der Waals surface area contributed by atoms with Crippen LogP contribution in [0.15, 0.2) is 24.3 Å². The summed E-state index contributed by atoms with van der Waals surface area (Å²) in [5, 5.41) is 6.23. The lowest BCUT2D eigenvalue weighted by Gasteiger charge is -2.31. The maximum absolute atomic E-state index is 12.2. The van der Waals surface area contributed by atoms with Crippen LogP contribution in [0.1, 0.15) is 54.4 Å². The summed E-state index contributed by atoms with van der Waals surface area (Å²) in [7, 11) is 0. The molecule has 5 heteroatoms. The van der Waals surface area contributed by atoms with Gasteiger partial charge >= 0.3 is 0 Å². The highest BCUT2D eigenvalue weighted by atomic mass is 16.2. The zero-order chi connectivity index (χ0) is 18.4. The van der Waals surface area contributed by atoms with Gasteiger partial charge in [0.25, 0.3) is 5.91 Å². The number of hydrogen-bond acceptors (Lipinski definition) is 3. The van der Waals surface area contributed by atoms with E-state index in [1.165, 1.54) is 12.8 Å². The molecule has 2 amide bonds. The SMILES string of the molecule is Cc1cccc(C(=O)NCC2CCN(CC(=O)NC3CCCC3)CC2)c1. The Labute approximate surface area is 156 Å². The van der Waals surface area contributed by atoms with Gasteiger partial charge in [-0.25, -0.2) is 0 Å². The minimum absolute atomic E-state index is 0.00655. The number of carbonyl (C=O) groups is 2. The third-order valence-electron chi connectivity index (χ3n) is 5.63. The summed E-state index contributed by atoms with van der Waals surface area (Å²) in [6, 6.07) is 8.08. The topological polar surface area (TPSA) is 61.4 Å². The van der Waals surface area contributed by atoms with Gasteiger partial charge < -0.3 is 10.6 Å². The first-order valence-electron chi connectivity index (χ1n) is 9.97. The van der Waals surface area contributed by atoms with E-state index in [-0.39, 0.29) is 11.8 Å². The summed E-state index contributed by atoms with van der Waals surface area (Å²) in [5.74, 6) is 0.674. The minimum Gasteiger partial charge on any atom is -0.352 e. The standard InChI is InChI=1S/C21H31N3O2/c1-16-5-4-6-18(13-16)21(26)22-14-17-9-11-24(12-10-17)15-20(25)23-19-7-2-3-8-19/h4-6,13,17,19H,2-3,7-12,14-15H2,1H3,(H,22,26)(H,23,25). The second kappa shape index (κ2) is 9.17. The van der Waals surface area contributed by atoms with Crippen molar-refractivity contribution in [2.24, 2.45) is 5.92 Å². The monoisotopic (exact) mass is 357 g/mol. The highest BCUT2D eigenvalue weighted by Crippen LogP contribution is 2.19. The number of carbonyl (C=O) groups excluding carboxylic acids is 2. The quantitative estimate of drug-likeness (QED) is 0.822. The van der Waals surface area contributed by atoms with Crippen molar-refractivity contribution < 1.29 is 9.59 Å². The van der Waals surface area contributed by atoms with Crippen LogP contribution in [0, 0.1) is 12.8 Å². The van der Waals surface area contributed by atoms with Crippen LogP contribution in [0.2, 0.25) is 0 Å². The normalized spacial score (nSPS) is 19.4. The molecular weight excluding hydrogens is 326 g/mol. The van der Waals surface area contributed by atoms with Gasteiger partial charge in [0.15, 0.2) is 0 Å². The summed E-state index contributed by atoms with van der Waals surface area (Å²) in [6.07, 6.45) is 6.81. The van der Waals surface area contributed by atoms with Gasteiger partial charge in [-0.3, -0.25) is 14.5 Å². The number of nitrogens with one attached hydrogen (secondary N) is 2. The number of likely N-dealkylation sites (tertiary alicyclic amines) is 1. The van der Waals surface area contributed by atoms with Crippen LogP contribution in [-0.2, 0) is 4.79 Å². The molecule has 0 atom stereocenters. The Hall–Kier alpha value is -1.88. The average Bonchev–Trinajstić information content (AvgIpc) is 3.13. The molecule has 1 aromatic rings. The lowest BCUT2D eigenvalue weighted by Crippen LogP contribution is -2.45. The summed E-state index contributed by atoms with van der Waals surface area (Å²) in [4.78, 5) is 26.6. The van der Waals surface area contributed by atoms with Crippen LogP contribution < -0.4 is 10.6 Å². The van der Waals surface area contributed by atoms with Crippen molar-refractivity contribution in [3.63, 3.8) is 0 Å². The maximum atomic E-state index is 12.2. The van der Waals surface area contributed by atoms with Gasteiger partial charge in [-0.1, -0.05) is 30.5 Å². The molecule has 1 aromatic carbocycles. The van der Waals surface area contributed by atoms with E-state index in [1.54, 1.807) is 0 Å². The van der Waals surface area contributed by atoms with Crippen molar-refractivity contribution in [2.75, 3.05) is 26.2 Å². The molecule has 1 aliphatic carbocycles. The molecular formula is C21H31N3O2. The number of hydrogen-bond donors (Lipinski definition) is 2. The zero-order valence-electron chi connectivity index (χ0n) is 15.8. The van der Waals surface area contributed by atoms with E-state index in [2.05, 4.69) is 15.5 Å². The molecule has 0 aromatic heterocycles. The summed E-state index contributed by atoms with van der Waals surface area (Å²) in [5.41, 5.74) is 1.83. The Kier molecular flexibility index (Phi) is 6.67. The Bertz CT molecular complexity index is 617. The predicted molar refractivity (Wildman–Crippen MR) is 103 cm³/mol. The van der Waals surface area contributed by atoms with Gasteiger partial charge in [0.05, 0.1) is 6.54 Å². The van der Waals surface area contributed by atoms with E-state index >= 15 is 0 Å². The number of nitrogens with zero attached hydrogens (tertiary/aromatic N) is 1. The Morgan fingerprint density at radius 1 is 1.12 bits per heavy atom. The second-order valence-electron chi connectivity index (χ2n) is 7.85. The number of aryl methyl sites for hydroxylation is 1. The molecule has 0 unspecified atom stereocenters. The molecule has 1 saturated heterocycles. The molecule has 0 radical (unpaired) electrons. The van der Waals surface area contributed by atoms with E-state index < -0.39 is 0 Å². The molecule has 26 heavy (non-hydrogen) atoms. The molecule has 0 spiro atoms. The van der Waals surface area contributed by atoms with Gasteiger partial charge in [0.2, 0.25) is 5.91 Å². The lowest BCUT2D eigenvalue weighted by molar-refractivity contribution is -0.123. The molecule has 2 aliphatic rings. The van der Waals surface area contributed by atoms with Crippen LogP contribution >= 0.6 is 0 Å². The minimum atomic E-state index is 0.00655. The Morgan fingerprint density at radius 2 is 1.85 bits per heavy atom. The molecule has 0 bridgehead atoms. The molecule has 1 aliphatic heterocycles. The van der Waals surface area contributed by atoms with Crippen molar-refractivity contribution >= 4 is 11.8 Å². The third-order valence-corrected chi connectivity index (χ3v) is 5.63. The van der Waals surface area contributed by atoms with E-state index in [1.807, 2.05) is 31.2 Å². The number of amides is 2. The fourth-order valence-electron chi connectivity index (χ4n) is 4.02. The van der Waals surface area contributed by atoms with Crippen LogP contribution in [0.4, 0.5) is 0 Å². The predicted octanol–water partition coefficient (Wildman–Crippen LogP) is 2.50. The van der Waals surface area contributed by atoms with E-state index in [0.29, 0.717) is 18.5 Å². The summed E-state index contributed by atoms with van der Waals surface area (Å²) in [6.45, 7) is 5.09. The molecule has 142 valence electrons. The summed E-state index contributed by atoms with van der Waals surface area (Å²) >= 11 is 0. The van der Waals surface area contributed by atoms with Gasteiger partial charge in [0, 0.05) is 18.2 Å². The fourth-order valence-corrected chi connectivity index (χ4v) is 4.02. The first kappa shape index (κ1) is 18.9. The van der Waals surface area contributed by atoms with E-state index in [4.69, 9.17) is 0 Å². The van der Waals surface area contributed by atoms with Gasteiger partial charge in [-0.15, -0.1) is 0 Å². The zero-order valence-corrected chi connectivity index (χ0v) is 15.8. The maximum Gasteiger partial charge on any atom is 0.251 e. The lowest BCUT2D eigenvalue weighted by atomic mass is 9.96. The van der Waals surface area contributed by atoms with Crippen LogP contribution in [0.3, 0.4) is 0 Å². The highest BCUT2D eigenvalue weighted by Gasteiger charge is 2.23. The van der Waals surface area contributed by atoms with Crippen molar-refractivity contribution in [3.8, 4) is 0 Å². The average molecular weight is 357 g/mol. The second-order valence-corrected chi connectivity index (χ2v) is 7.85. The smallest absolute Gasteiger partial charge is 0.251 e. The van der Waals surface area contributed by atoms with Crippen LogP contribution in [0.5, 0.6) is 0 Å². The molecule has 2 fully saturated rings. The first-order chi connectivity index (χ1) is 12.6. The Balaban J connectivity index is 1.34. The molecule has 1 heterocycles. The Morgan fingerprint density at radius 3 is 2.54 bits per heavy atom. The van der Waals surface area contributed by atoms with Gasteiger partial charge in [0.1, 0.15) is 0 Å². The van der Waals surface area contributed by atoms with E-state index in [0.717, 1.165) is 56.4 Å². The molecule has 5 nitrogen and oxygen atoms in total. The molecule has 3 rings (SSSR count). The van der Waals surface area contributed by atoms with Crippen molar-refractivity contribution in [2.45, 2.75) is 51.5 Å². The van der Waals surface area contributed by atoms with Gasteiger partial charge in [-0.2, -0.15) is 0 Å².